The molecule has 1 aromatic heterocycles. The van der Waals surface area contributed by atoms with E-state index in [4.69, 9.17) is 9.47 Å². The average molecular weight is 470 g/mol. The van der Waals surface area contributed by atoms with Gasteiger partial charge in [0.15, 0.2) is 5.69 Å². The minimum atomic E-state index is -3.75. The van der Waals surface area contributed by atoms with Gasteiger partial charge in [-0.1, -0.05) is 12.1 Å². The highest BCUT2D eigenvalue weighted by Gasteiger charge is 2.35. The summed E-state index contributed by atoms with van der Waals surface area (Å²) in [5.74, 6) is 0.142. The van der Waals surface area contributed by atoms with E-state index >= 15 is 0 Å². The van der Waals surface area contributed by atoms with Crippen molar-refractivity contribution in [2.75, 3.05) is 20.3 Å². The molecule has 174 valence electrons. The number of esters is 1. The normalized spacial score (nSPS) is 14.1. The summed E-state index contributed by atoms with van der Waals surface area (Å²) in [6.45, 7) is 5.91. The van der Waals surface area contributed by atoms with Crippen LogP contribution in [0.25, 0.3) is 5.69 Å². The molecule has 0 fully saturated rings. The molecule has 1 aliphatic heterocycles. The summed E-state index contributed by atoms with van der Waals surface area (Å²) in [6.07, 6.45) is 0.415. The van der Waals surface area contributed by atoms with Gasteiger partial charge in [-0.05, 0) is 62.2 Å². The molecule has 8 nitrogen and oxygen atoms in total. The van der Waals surface area contributed by atoms with Crippen LogP contribution in [0.2, 0.25) is 0 Å². The fraction of sp³-hybridized carbons (Fsp3) is 0.333. The monoisotopic (exact) mass is 469 g/mol. The Kier molecular flexibility index (Phi) is 6.27. The lowest BCUT2D eigenvalue weighted by atomic mass is 10.1. The van der Waals surface area contributed by atoms with Crippen molar-refractivity contribution in [1.82, 2.24) is 14.1 Å². The van der Waals surface area contributed by atoms with Crippen LogP contribution >= 0.6 is 0 Å². The average Bonchev–Trinajstić information content (AvgIpc) is 3.20. The van der Waals surface area contributed by atoms with Crippen LogP contribution in [0, 0.1) is 13.8 Å². The first-order valence-electron chi connectivity index (χ1n) is 10.8. The van der Waals surface area contributed by atoms with Crippen LogP contribution in [0.4, 0.5) is 0 Å². The summed E-state index contributed by atoms with van der Waals surface area (Å²) in [6, 6.07) is 12.7. The first-order valence-corrected chi connectivity index (χ1v) is 12.2. The van der Waals surface area contributed by atoms with Crippen molar-refractivity contribution >= 4 is 16.0 Å². The van der Waals surface area contributed by atoms with E-state index < -0.39 is 16.0 Å². The molecule has 0 aliphatic carbocycles. The zero-order valence-corrected chi connectivity index (χ0v) is 20.0. The number of nitrogens with zero attached hydrogens (tertiary/aromatic N) is 3. The molecule has 0 amide bonds. The standard InChI is InChI=1S/C24H27N3O5S/c1-5-32-24(28)23-20-15-26(33(29,30)22-14-16(2)6-7-17(22)3)13-12-21(20)27(25-23)18-8-10-19(31-4)11-9-18/h6-11,14H,5,12-13,15H2,1-4H3. The van der Waals surface area contributed by atoms with Gasteiger partial charge in [0, 0.05) is 25.1 Å². The van der Waals surface area contributed by atoms with Crippen LogP contribution in [0.1, 0.15) is 39.8 Å². The van der Waals surface area contributed by atoms with Gasteiger partial charge in [-0.3, -0.25) is 0 Å². The van der Waals surface area contributed by atoms with E-state index in [1.807, 2.05) is 43.3 Å². The highest BCUT2D eigenvalue weighted by atomic mass is 32.2. The molecule has 1 aliphatic rings. The van der Waals surface area contributed by atoms with Crippen molar-refractivity contribution in [3.63, 3.8) is 0 Å². The molecule has 0 atom stereocenters. The summed E-state index contributed by atoms with van der Waals surface area (Å²) < 4.78 is 40.5. The number of rotatable bonds is 6. The lowest BCUT2D eigenvalue weighted by Gasteiger charge is -2.27. The number of fused-ring (bicyclic) bond motifs is 1. The fourth-order valence-corrected chi connectivity index (χ4v) is 5.74. The predicted octanol–water partition coefficient (Wildman–Crippen LogP) is 3.42. The van der Waals surface area contributed by atoms with Gasteiger partial charge >= 0.3 is 5.97 Å². The van der Waals surface area contributed by atoms with Crippen molar-refractivity contribution < 1.29 is 22.7 Å². The van der Waals surface area contributed by atoms with Crippen LogP contribution in [0.15, 0.2) is 47.4 Å². The lowest BCUT2D eigenvalue weighted by Crippen LogP contribution is -2.37. The molecule has 2 aromatic carbocycles. The number of ether oxygens (including phenoxy) is 2. The Balaban J connectivity index is 1.77. The number of aromatic nitrogens is 2. The highest BCUT2D eigenvalue weighted by molar-refractivity contribution is 7.89. The van der Waals surface area contributed by atoms with Crippen LogP contribution in [0.3, 0.4) is 0 Å². The lowest BCUT2D eigenvalue weighted by molar-refractivity contribution is 0.0517. The number of carbonyl (C=O) groups excluding carboxylic acids is 1. The van der Waals surface area contributed by atoms with E-state index in [9.17, 15) is 13.2 Å². The zero-order chi connectivity index (χ0) is 23.8. The first kappa shape index (κ1) is 23.0. The minimum absolute atomic E-state index is 0.0509. The van der Waals surface area contributed by atoms with Gasteiger partial charge in [-0.25, -0.2) is 17.9 Å². The van der Waals surface area contributed by atoms with Gasteiger partial charge < -0.3 is 9.47 Å². The van der Waals surface area contributed by atoms with Gasteiger partial charge in [0.2, 0.25) is 10.0 Å². The number of hydrogen-bond acceptors (Lipinski definition) is 6. The molecule has 0 N–H and O–H groups in total. The topological polar surface area (TPSA) is 90.7 Å². The van der Waals surface area contributed by atoms with Crippen LogP contribution in [0.5, 0.6) is 5.75 Å². The van der Waals surface area contributed by atoms with E-state index in [1.54, 1.807) is 31.7 Å². The quantitative estimate of drug-likeness (QED) is 0.514. The molecule has 0 saturated carbocycles. The Morgan fingerprint density at radius 1 is 1.12 bits per heavy atom. The molecule has 3 aromatic rings. The molecular formula is C24H27N3O5S. The SMILES string of the molecule is CCOC(=O)c1nn(-c2ccc(OC)cc2)c2c1CN(S(=O)(=O)c1cc(C)ccc1C)CC2. The number of benzene rings is 2. The van der Waals surface area contributed by atoms with Crippen molar-refractivity contribution in [1.29, 1.82) is 0 Å². The Hall–Kier alpha value is -3.17. The highest BCUT2D eigenvalue weighted by Crippen LogP contribution is 2.31. The molecule has 9 heteroatoms. The van der Waals surface area contributed by atoms with Crippen LogP contribution < -0.4 is 4.74 Å². The molecular weight excluding hydrogens is 442 g/mol. The fourth-order valence-electron chi connectivity index (χ4n) is 4.02. The number of methoxy groups -OCH3 is 1. The molecule has 0 spiro atoms. The van der Waals surface area contributed by atoms with E-state index in [0.717, 1.165) is 16.9 Å². The third-order valence-corrected chi connectivity index (χ3v) is 7.76. The van der Waals surface area contributed by atoms with Gasteiger partial charge in [0.05, 0.1) is 30.0 Å². The van der Waals surface area contributed by atoms with Gasteiger partial charge in [0.25, 0.3) is 0 Å². The number of aryl methyl sites for hydroxylation is 2. The maximum atomic E-state index is 13.5. The summed E-state index contributed by atoms with van der Waals surface area (Å²) in [7, 11) is -2.16. The summed E-state index contributed by atoms with van der Waals surface area (Å²) in [4.78, 5) is 13.0. The second-order valence-electron chi connectivity index (χ2n) is 7.96. The van der Waals surface area contributed by atoms with Crippen molar-refractivity contribution in [3.05, 3.63) is 70.5 Å². The van der Waals surface area contributed by atoms with Crippen molar-refractivity contribution in [2.24, 2.45) is 0 Å². The Morgan fingerprint density at radius 2 is 1.85 bits per heavy atom. The third kappa shape index (κ3) is 4.26. The van der Waals surface area contributed by atoms with E-state index in [1.165, 1.54) is 4.31 Å². The summed E-state index contributed by atoms with van der Waals surface area (Å²) in [5, 5.41) is 4.54. The van der Waals surface area contributed by atoms with Gasteiger partial charge in [-0.15, -0.1) is 0 Å². The largest absolute Gasteiger partial charge is 0.497 e. The molecule has 4 rings (SSSR count). The van der Waals surface area contributed by atoms with E-state index in [0.29, 0.717) is 23.3 Å². The summed E-state index contributed by atoms with van der Waals surface area (Å²) >= 11 is 0. The maximum absolute atomic E-state index is 13.5. The molecule has 33 heavy (non-hydrogen) atoms. The van der Waals surface area contributed by atoms with Crippen LogP contribution in [-0.2, 0) is 27.7 Å². The number of hydrogen-bond donors (Lipinski definition) is 0. The molecule has 0 unspecified atom stereocenters. The smallest absolute Gasteiger partial charge is 0.359 e. The van der Waals surface area contributed by atoms with Crippen molar-refractivity contribution in [3.8, 4) is 11.4 Å². The summed E-state index contributed by atoms with van der Waals surface area (Å²) in [5.41, 5.74) is 3.83. The Bertz CT molecular complexity index is 1300. The molecule has 2 heterocycles. The second-order valence-corrected chi connectivity index (χ2v) is 9.87. The van der Waals surface area contributed by atoms with E-state index in [-0.39, 0.29) is 30.3 Å². The number of sulfonamides is 1. The number of carbonyl (C=O) groups is 1. The predicted molar refractivity (Wildman–Crippen MR) is 123 cm³/mol. The minimum Gasteiger partial charge on any atom is -0.497 e. The van der Waals surface area contributed by atoms with Gasteiger partial charge in [-0.2, -0.15) is 9.40 Å². The van der Waals surface area contributed by atoms with Crippen molar-refractivity contribution in [2.45, 2.75) is 38.6 Å². The molecule has 0 saturated heterocycles. The zero-order valence-electron chi connectivity index (χ0n) is 19.2. The second kappa shape index (κ2) is 8.99. The first-order chi connectivity index (χ1) is 15.8. The molecule has 0 radical (unpaired) electrons. The Morgan fingerprint density at radius 3 is 2.52 bits per heavy atom. The maximum Gasteiger partial charge on any atom is 0.359 e. The van der Waals surface area contributed by atoms with Gasteiger partial charge in [0.1, 0.15) is 5.75 Å². The Labute approximate surface area is 193 Å². The molecule has 0 bridgehead atoms. The van der Waals surface area contributed by atoms with Crippen LogP contribution in [-0.4, -0.2) is 48.7 Å². The third-order valence-electron chi connectivity index (χ3n) is 5.77. The van der Waals surface area contributed by atoms with E-state index in [2.05, 4.69) is 5.10 Å².